The third-order valence-corrected chi connectivity index (χ3v) is 3.94. The fourth-order valence-corrected chi connectivity index (χ4v) is 3.10. The molecule has 2 aromatic rings. The number of hydrogen-bond donors (Lipinski definition) is 1. The monoisotopic (exact) mass is 346 g/mol. The maximum atomic E-state index is 5.65. The van der Waals surface area contributed by atoms with Crippen molar-refractivity contribution in [2.75, 3.05) is 5.73 Å². The zero-order valence-electron chi connectivity index (χ0n) is 8.74. The van der Waals surface area contributed by atoms with Crippen molar-refractivity contribution < 1.29 is 4.74 Å². The van der Waals surface area contributed by atoms with Crippen molar-refractivity contribution in [3.63, 3.8) is 0 Å². The fraction of sp³-hybridized carbons (Fsp3) is 0.182. The molecule has 16 heavy (non-hydrogen) atoms. The summed E-state index contributed by atoms with van der Waals surface area (Å²) in [5, 5.41) is 0. The Morgan fingerprint density at radius 1 is 1.38 bits per heavy atom. The predicted molar refractivity (Wildman–Crippen MR) is 74.8 cm³/mol. The molecule has 0 unspecified atom stereocenters. The minimum atomic E-state index is 0.566. The van der Waals surface area contributed by atoms with Crippen molar-refractivity contribution in [3.8, 4) is 5.75 Å². The van der Waals surface area contributed by atoms with Crippen LogP contribution in [0, 0.1) is 9.94 Å². The van der Waals surface area contributed by atoms with Crippen molar-refractivity contribution in [2.45, 2.75) is 13.5 Å². The van der Waals surface area contributed by atoms with Crippen LogP contribution in [0.2, 0.25) is 0 Å². The molecule has 0 saturated carbocycles. The van der Waals surface area contributed by atoms with Crippen LogP contribution in [0.4, 0.5) is 5.69 Å². The molecule has 0 fully saturated rings. The van der Waals surface area contributed by atoms with Crippen LogP contribution in [0.1, 0.15) is 10.6 Å². The first-order chi connectivity index (χ1) is 7.65. The van der Waals surface area contributed by atoms with Gasteiger partial charge in [-0.3, -0.25) is 0 Å². The van der Waals surface area contributed by atoms with E-state index in [0.717, 1.165) is 20.1 Å². The Kier molecular flexibility index (Phi) is 3.65. The minimum Gasteiger partial charge on any atom is -0.488 e. The van der Waals surface area contributed by atoms with E-state index in [9.17, 15) is 0 Å². The molecular formula is C11H11IN2OS. The van der Waals surface area contributed by atoms with Gasteiger partial charge in [-0.25, -0.2) is 4.98 Å². The molecule has 5 heteroatoms. The number of nitrogen functional groups attached to an aromatic ring is 1. The van der Waals surface area contributed by atoms with Crippen LogP contribution in [0.5, 0.6) is 5.75 Å². The minimum absolute atomic E-state index is 0.566. The molecule has 1 aromatic heterocycles. The van der Waals surface area contributed by atoms with Gasteiger partial charge in [-0.2, -0.15) is 0 Å². The maximum Gasteiger partial charge on any atom is 0.154 e. The highest BCUT2D eigenvalue weighted by atomic mass is 127. The summed E-state index contributed by atoms with van der Waals surface area (Å²) in [5.41, 5.74) is 7.39. The van der Waals surface area contributed by atoms with Gasteiger partial charge in [0.1, 0.15) is 12.4 Å². The number of thiazole rings is 1. The van der Waals surface area contributed by atoms with Gasteiger partial charge in [0, 0.05) is 5.69 Å². The first kappa shape index (κ1) is 11.7. The zero-order valence-corrected chi connectivity index (χ0v) is 11.7. The second-order valence-electron chi connectivity index (χ2n) is 3.33. The third-order valence-electron chi connectivity index (χ3n) is 2.12. The van der Waals surface area contributed by atoms with Gasteiger partial charge in [0.15, 0.2) is 3.01 Å². The van der Waals surface area contributed by atoms with Gasteiger partial charge in [0.2, 0.25) is 0 Å². The number of ether oxygens (including phenoxy) is 1. The quantitative estimate of drug-likeness (QED) is 0.686. The fourth-order valence-electron chi connectivity index (χ4n) is 1.24. The second-order valence-corrected chi connectivity index (χ2v) is 6.17. The number of nitrogens with zero attached hydrogens (tertiary/aromatic N) is 1. The Labute approximate surface area is 112 Å². The summed E-state index contributed by atoms with van der Waals surface area (Å²) in [6.07, 6.45) is 0. The van der Waals surface area contributed by atoms with E-state index in [4.69, 9.17) is 10.5 Å². The van der Waals surface area contributed by atoms with Crippen molar-refractivity contribution in [1.29, 1.82) is 0 Å². The molecular weight excluding hydrogens is 335 g/mol. The molecule has 0 amide bonds. The smallest absolute Gasteiger partial charge is 0.154 e. The van der Waals surface area contributed by atoms with Crippen LogP contribution in [-0.2, 0) is 6.61 Å². The van der Waals surface area contributed by atoms with Crippen LogP contribution < -0.4 is 10.5 Å². The van der Waals surface area contributed by atoms with E-state index in [0.29, 0.717) is 6.61 Å². The molecule has 2 N–H and O–H groups in total. The first-order valence-corrected chi connectivity index (χ1v) is 6.65. The van der Waals surface area contributed by atoms with E-state index in [-0.39, 0.29) is 0 Å². The summed E-state index contributed by atoms with van der Waals surface area (Å²) in [4.78, 5) is 5.51. The lowest BCUT2D eigenvalue weighted by Crippen LogP contribution is -1.95. The van der Waals surface area contributed by atoms with Gasteiger partial charge >= 0.3 is 0 Å². The standard InChI is InChI=1S/C11H11IN2OS/c1-7-10(16-11(12)14-7)6-15-9-4-2-8(13)3-5-9/h2-5H,6,13H2,1H3. The van der Waals surface area contributed by atoms with E-state index < -0.39 is 0 Å². The third kappa shape index (κ3) is 2.85. The molecule has 0 radical (unpaired) electrons. The molecule has 0 aliphatic heterocycles. The molecule has 0 spiro atoms. The van der Waals surface area contributed by atoms with Crippen molar-refractivity contribution in [2.24, 2.45) is 0 Å². The maximum absolute atomic E-state index is 5.65. The van der Waals surface area contributed by atoms with E-state index >= 15 is 0 Å². The molecule has 0 aliphatic carbocycles. The normalized spacial score (nSPS) is 10.4. The predicted octanol–water partition coefficient (Wildman–Crippen LogP) is 3.22. The van der Waals surface area contributed by atoms with Crippen molar-refractivity contribution in [3.05, 3.63) is 37.9 Å². The van der Waals surface area contributed by atoms with Crippen LogP contribution >= 0.6 is 33.9 Å². The Bertz CT molecular complexity index is 481. The van der Waals surface area contributed by atoms with Crippen molar-refractivity contribution in [1.82, 2.24) is 4.98 Å². The number of aryl methyl sites for hydroxylation is 1. The SMILES string of the molecule is Cc1nc(I)sc1COc1ccc(N)cc1. The van der Waals surface area contributed by atoms with Gasteiger partial charge in [-0.1, -0.05) is 0 Å². The summed E-state index contributed by atoms with van der Waals surface area (Å²) < 4.78 is 6.70. The highest BCUT2D eigenvalue weighted by Crippen LogP contribution is 2.22. The van der Waals surface area contributed by atoms with Gasteiger partial charge in [0.25, 0.3) is 0 Å². The van der Waals surface area contributed by atoms with Crippen LogP contribution in [0.3, 0.4) is 0 Å². The number of anilines is 1. The van der Waals surface area contributed by atoms with Gasteiger partial charge in [-0.05, 0) is 53.8 Å². The van der Waals surface area contributed by atoms with Crippen molar-refractivity contribution >= 4 is 39.6 Å². The number of nitrogens with two attached hydrogens (primary N) is 1. The second kappa shape index (κ2) is 5.01. The number of halogens is 1. The molecule has 0 saturated heterocycles. The molecule has 0 aliphatic rings. The van der Waals surface area contributed by atoms with Gasteiger partial charge in [-0.15, -0.1) is 11.3 Å². The highest BCUT2D eigenvalue weighted by molar-refractivity contribution is 14.1. The Hall–Kier alpha value is -0.820. The highest BCUT2D eigenvalue weighted by Gasteiger charge is 2.06. The number of rotatable bonds is 3. The van der Waals surface area contributed by atoms with Gasteiger partial charge < -0.3 is 10.5 Å². The summed E-state index contributed by atoms with van der Waals surface area (Å²) in [6, 6.07) is 7.41. The van der Waals surface area contributed by atoms with Gasteiger partial charge in [0.05, 0.1) is 10.6 Å². The summed E-state index contributed by atoms with van der Waals surface area (Å²) in [7, 11) is 0. The van der Waals surface area contributed by atoms with Crippen LogP contribution in [0.25, 0.3) is 0 Å². The van der Waals surface area contributed by atoms with E-state index in [1.165, 1.54) is 4.88 Å². The average Bonchev–Trinajstić information content (AvgIpc) is 2.57. The molecule has 0 atom stereocenters. The molecule has 1 aromatic carbocycles. The molecule has 84 valence electrons. The molecule has 0 bridgehead atoms. The lowest BCUT2D eigenvalue weighted by atomic mass is 10.3. The summed E-state index contributed by atoms with van der Waals surface area (Å²) >= 11 is 3.88. The largest absolute Gasteiger partial charge is 0.488 e. The number of benzene rings is 1. The van der Waals surface area contributed by atoms with E-state index in [1.54, 1.807) is 11.3 Å². The zero-order chi connectivity index (χ0) is 11.5. The molecule has 3 nitrogen and oxygen atoms in total. The lowest BCUT2D eigenvalue weighted by molar-refractivity contribution is 0.309. The Morgan fingerprint density at radius 3 is 2.62 bits per heavy atom. The first-order valence-electron chi connectivity index (χ1n) is 4.75. The summed E-state index contributed by atoms with van der Waals surface area (Å²) in [5.74, 6) is 0.831. The van der Waals surface area contributed by atoms with Crippen LogP contribution in [-0.4, -0.2) is 4.98 Å². The molecule has 2 rings (SSSR count). The van der Waals surface area contributed by atoms with Crippen LogP contribution in [0.15, 0.2) is 24.3 Å². The van der Waals surface area contributed by atoms with E-state index in [2.05, 4.69) is 27.6 Å². The van der Waals surface area contributed by atoms with E-state index in [1.807, 2.05) is 31.2 Å². The number of aromatic nitrogens is 1. The Morgan fingerprint density at radius 2 is 2.06 bits per heavy atom. The Balaban J connectivity index is 2.02. The average molecular weight is 346 g/mol. The topological polar surface area (TPSA) is 48.1 Å². The summed E-state index contributed by atoms with van der Waals surface area (Å²) in [6.45, 7) is 2.57. The number of hydrogen-bond acceptors (Lipinski definition) is 4. The molecule has 1 heterocycles. The lowest BCUT2D eigenvalue weighted by Gasteiger charge is -2.04.